The second kappa shape index (κ2) is 10.2. The molecule has 0 aromatic heterocycles. The average molecular weight is 597 g/mol. The lowest BCUT2D eigenvalue weighted by molar-refractivity contribution is -0.394. The third kappa shape index (κ3) is 5.24. The lowest BCUT2D eigenvalue weighted by Gasteiger charge is -2.42. The maximum Gasteiger partial charge on any atom is 0.318 e. The highest BCUT2D eigenvalue weighted by Crippen LogP contribution is 2.55. The highest BCUT2D eigenvalue weighted by atomic mass is 35.5. The van der Waals surface area contributed by atoms with E-state index in [4.69, 9.17) is 25.8 Å². The molecule has 11 nitrogen and oxygen atoms in total. The molecule has 0 amide bonds. The number of rotatable bonds is 6. The Labute approximate surface area is 246 Å². The van der Waals surface area contributed by atoms with Crippen LogP contribution in [-0.2, 0) is 14.3 Å². The number of allylic oxidation sites excluding steroid dienone is 4. The molecular weight excluding hydrogens is 568 g/mol. The van der Waals surface area contributed by atoms with E-state index in [1.165, 1.54) is 7.11 Å². The Morgan fingerprint density at radius 1 is 0.857 bits per heavy atom. The molecular formula is C30H29ClN2O9. The number of ketones is 2. The number of carbonyl (C=O) groups excluding carboxylic acids is 2. The molecule has 1 heterocycles. The number of benzene rings is 2. The molecule has 0 spiro atoms. The quantitative estimate of drug-likeness (QED) is 0.246. The number of nitro groups is 2. The normalized spacial score (nSPS) is 19.6. The van der Waals surface area contributed by atoms with E-state index in [9.17, 15) is 29.8 Å². The maximum atomic E-state index is 13.6. The molecule has 0 unspecified atom stereocenters. The van der Waals surface area contributed by atoms with E-state index >= 15 is 0 Å². The summed E-state index contributed by atoms with van der Waals surface area (Å²) >= 11 is 6.69. The van der Waals surface area contributed by atoms with Crippen LogP contribution in [0, 0.1) is 31.1 Å². The first-order valence-electron chi connectivity index (χ1n) is 13.3. The van der Waals surface area contributed by atoms with Crippen LogP contribution in [0.4, 0.5) is 11.4 Å². The highest BCUT2D eigenvalue weighted by Gasteiger charge is 2.48. The van der Waals surface area contributed by atoms with Crippen LogP contribution in [0.1, 0.15) is 64.9 Å². The summed E-state index contributed by atoms with van der Waals surface area (Å²) < 4.78 is 17.7. The van der Waals surface area contributed by atoms with Crippen LogP contribution in [0.15, 0.2) is 53.0 Å². The molecule has 0 saturated carbocycles. The number of hydrogen-bond donors (Lipinski definition) is 0. The summed E-state index contributed by atoms with van der Waals surface area (Å²) in [5.41, 5.74) is -0.412. The Bertz CT molecular complexity index is 1590. The van der Waals surface area contributed by atoms with E-state index in [0.717, 1.165) is 18.2 Å². The first-order valence-corrected chi connectivity index (χ1v) is 13.7. The van der Waals surface area contributed by atoms with Gasteiger partial charge >= 0.3 is 5.69 Å². The summed E-state index contributed by atoms with van der Waals surface area (Å²) in [6.07, 6.45) is 1.60. The third-order valence-corrected chi connectivity index (χ3v) is 8.01. The van der Waals surface area contributed by atoms with E-state index in [-0.39, 0.29) is 57.5 Å². The topological polar surface area (TPSA) is 148 Å². The molecule has 0 atom stereocenters. The van der Waals surface area contributed by atoms with Gasteiger partial charge in [0.2, 0.25) is 5.75 Å². The van der Waals surface area contributed by atoms with Crippen LogP contribution in [-0.4, -0.2) is 28.5 Å². The molecule has 0 fully saturated rings. The lowest BCUT2D eigenvalue weighted by atomic mass is 9.65. The average Bonchev–Trinajstić information content (AvgIpc) is 2.86. The monoisotopic (exact) mass is 596 g/mol. The first kappa shape index (κ1) is 29.2. The van der Waals surface area contributed by atoms with Gasteiger partial charge in [0.15, 0.2) is 23.1 Å². The smallest absolute Gasteiger partial charge is 0.318 e. The summed E-state index contributed by atoms with van der Waals surface area (Å²) in [5.74, 6) is -0.153. The zero-order chi connectivity index (χ0) is 30.7. The van der Waals surface area contributed by atoms with Gasteiger partial charge in [-0.1, -0.05) is 39.3 Å². The Balaban J connectivity index is 1.65. The highest BCUT2D eigenvalue weighted by molar-refractivity contribution is 6.32. The Morgan fingerprint density at radius 3 is 1.93 bits per heavy atom. The van der Waals surface area contributed by atoms with E-state index in [0.29, 0.717) is 41.1 Å². The van der Waals surface area contributed by atoms with Crippen molar-refractivity contribution in [3.8, 4) is 17.2 Å². The predicted molar refractivity (Wildman–Crippen MR) is 152 cm³/mol. The number of ether oxygens (including phenoxy) is 3. The first-order chi connectivity index (χ1) is 19.6. The lowest BCUT2D eigenvalue weighted by Crippen LogP contribution is -2.37. The molecule has 5 rings (SSSR count). The number of nitro benzene ring substituents is 2. The fourth-order valence-electron chi connectivity index (χ4n) is 5.97. The van der Waals surface area contributed by atoms with Crippen LogP contribution in [0.5, 0.6) is 17.2 Å². The van der Waals surface area contributed by atoms with Gasteiger partial charge < -0.3 is 14.2 Å². The SMILES string of the molecule is COc1cc(C2C3=C(CC(C)(C)CC3=O)OC3=C2C(=O)CC(C)(C)C3)cc(Cl)c1Oc1ccc([N+](=O)[O-])cc1[N+](=O)[O-]. The van der Waals surface area contributed by atoms with Crippen LogP contribution in [0.25, 0.3) is 0 Å². The Morgan fingerprint density at radius 2 is 1.43 bits per heavy atom. The molecule has 0 saturated heterocycles. The number of halogens is 1. The van der Waals surface area contributed by atoms with E-state index in [1.807, 2.05) is 27.7 Å². The van der Waals surface area contributed by atoms with Gasteiger partial charge in [0, 0.05) is 48.8 Å². The molecule has 220 valence electrons. The van der Waals surface area contributed by atoms with E-state index in [1.54, 1.807) is 12.1 Å². The number of methoxy groups -OCH3 is 1. The van der Waals surface area contributed by atoms with Crippen molar-refractivity contribution in [1.29, 1.82) is 0 Å². The van der Waals surface area contributed by atoms with Crippen LogP contribution < -0.4 is 9.47 Å². The number of hydrogen-bond acceptors (Lipinski definition) is 9. The molecule has 1 aliphatic heterocycles. The van der Waals surface area contributed by atoms with E-state index in [2.05, 4.69) is 0 Å². The van der Waals surface area contributed by atoms with Crippen molar-refractivity contribution in [1.82, 2.24) is 0 Å². The third-order valence-electron chi connectivity index (χ3n) is 7.73. The summed E-state index contributed by atoms with van der Waals surface area (Å²) in [6.45, 7) is 7.99. The van der Waals surface area contributed by atoms with Crippen molar-refractivity contribution < 1.29 is 33.6 Å². The van der Waals surface area contributed by atoms with Gasteiger partial charge in [-0.15, -0.1) is 0 Å². The van der Waals surface area contributed by atoms with Gasteiger partial charge in [-0.05, 0) is 34.6 Å². The molecule has 3 aliphatic rings. The summed E-state index contributed by atoms with van der Waals surface area (Å²) in [7, 11) is 1.36. The van der Waals surface area contributed by atoms with Crippen LogP contribution >= 0.6 is 11.6 Å². The van der Waals surface area contributed by atoms with Crippen molar-refractivity contribution in [3.05, 3.63) is 83.8 Å². The van der Waals surface area contributed by atoms with Gasteiger partial charge in [0.1, 0.15) is 11.5 Å². The molecule has 12 heteroatoms. The fourth-order valence-corrected chi connectivity index (χ4v) is 6.23. The van der Waals surface area contributed by atoms with E-state index < -0.39 is 27.1 Å². The summed E-state index contributed by atoms with van der Waals surface area (Å²) in [4.78, 5) is 48.4. The van der Waals surface area contributed by atoms with Gasteiger partial charge in [-0.2, -0.15) is 0 Å². The molecule has 2 aromatic rings. The minimum atomic E-state index is -0.798. The van der Waals surface area contributed by atoms with Crippen molar-refractivity contribution in [3.63, 3.8) is 0 Å². The zero-order valence-corrected chi connectivity index (χ0v) is 24.5. The zero-order valence-electron chi connectivity index (χ0n) is 23.7. The summed E-state index contributed by atoms with van der Waals surface area (Å²) in [5, 5.41) is 22.8. The van der Waals surface area contributed by atoms with Gasteiger partial charge in [0.05, 0.1) is 28.0 Å². The Kier molecular flexibility index (Phi) is 7.13. The number of non-ortho nitro benzene ring substituents is 1. The number of carbonyl (C=O) groups is 2. The van der Waals surface area contributed by atoms with Gasteiger partial charge in [-0.25, -0.2) is 0 Å². The van der Waals surface area contributed by atoms with Gasteiger partial charge in [0.25, 0.3) is 5.69 Å². The van der Waals surface area contributed by atoms with Gasteiger partial charge in [-0.3, -0.25) is 29.8 Å². The molecule has 0 radical (unpaired) electrons. The van der Waals surface area contributed by atoms with Crippen LogP contribution in [0.3, 0.4) is 0 Å². The standard InChI is InChI=1S/C30H29ClN2O9/c1-29(2)11-19(34)26-23(13-29)41-24-14-30(3,4)12-20(35)27(24)25(26)15-8-17(31)28(22(9-15)40-5)42-21-7-6-16(32(36)37)10-18(21)33(38)39/h6-10,25H,11-14H2,1-5H3. The van der Waals surface area contributed by atoms with Crippen LogP contribution in [0.2, 0.25) is 5.02 Å². The second-order valence-corrected chi connectivity index (χ2v) is 12.8. The molecule has 2 aromatic carbocycles. The summed E-state index contributed by atoms with van der Waals surface area (Å²) in [6, 6.07) is 6.11. The number of nitrogens with zero attached hydrogens (tertiary/aromatic N) is 2. The molecule has 2 aliphatic carbocycles. The molecule has 0 N–H and O–H groups in total. The largest absolute Gasteiger partial charge is 0.493 e. The van der Waals surface area contributed by atoms with Crippen molar-refractivity contribution in [2.45, 2.75) is 59.3 Å². The second-order valence-electron chi connectivity index (χ2n) is 12.4. The Hall–Kier alpha value is -4.25. The minimum absolute atomic E-state index is 0.0000286. The van der Waals surface area contributed by atoms with Crippen molar-refractivity contribution in [2.24, 2.45) is 10.8 Å². The fraction of sp³-hybridized carbons (Fsp3) is 0.400. The number of Topliss-reactive ketones (excluding diaryl/α,β-unsaturated/α-hetero) is 2. The molecule has 42 heavy (non-hydrogen) atoms. The van der Waals surface area contributed by atoms with Crippen molar-refractivity contribution in [2.75, 3.05) is 7.11 Å². The minimum Gasteiger partial charge on any atom is -0.493 e. The van der Waals surface area contributed by atoms with Crippen molar-refractivity contribution >= 4 is 34.5 Å². The molecule has 0 bridgehead atoms. The predicted octanol–water partition coefficient (Wildman–Crippen LogP) is 7.36. The maximum absolute atomic E-state index is 13.6.